The number of hydrogen-bond donors (Lipinski definition) is 1. The van der Waals surface area contributed by atoms with Crippen LogP contribution in [0.1, 0.15) is 32.1 Å². The summed E-state index contributed by atoms with van der Waals surface area (Å²) in [5.41, 5.74) is 5.96. The highest BCUT2D eigenvalue weighted by atomic mass is 19.1. The third kappa shape index (κ3) is 4.61. The fourth-order valence-electron chi connectivity index (χ4n) is 4.99. The van der Waals surface area contributed by atoms with Crippen LogP contribution in [0.25, 0.3) is 0 Å². The number of likely N-dealkylation sites (tertiary alicyclic amines) is 2. The van der Waals surface area contributed by atoms with E-state index in [1.54, 1.807) is 17.0 Å². The highest BCUT2D eigenvalue weighted by molar-refractivity contribution is 6.00. The first-order valence-corrected chi connectivity index (χ1v) is 11.3. The summed E-state index contributed by atoms with van der Waals surface area (Å²) in [6, 6.07) is 5.69. The van der Waals surface area contributed by atoms with Gasteiger partial charge in [0, 0.05) is 56.7 Å². The number of benzene rings is 1. The van der Waals surface area contributed by atoms with E-state index >= 15 is 0 Å². The molecule has 8 nitrogen and oxygen atoms in total. The first-order valence-electron chi connectivity index (χ1n) is 11.3. The van der Waals surface area contributed by atoms with Gasteiger partial charge in [-0.3, -0.25) is 19.2 Å². The molecule has 172 valence electrons. The van der Waals surface area contributed by atoms with Crippen molar-refractivity contribution in [1.82, 2.24) is 9.80 Å². The molecule has 0 aliphatic carbocycles. The van der Waals surface area contributed by atoms with E-state index in [1.807, 2.05) is 4.90 Å². The Hall–Kier alpha value is -2.97. The SMILES string of the molecule is NC(=O)C1CCN(C(=O)C2CCN(C(=O)[C@H]3CC(=O)N(c4ccc(F)cc4)C3)CC2)CC1. The molecular weight excluding hydrogens is 415 g/mol. The summed E-state index contributed by atoms with van der Waals surface area (Å²) in [7, 11) is 0. The second-order valence-electron chi connectivity index (χ2n) is 8.98. The van der Waals surface area contributed by atoms with Crippen molar-refractivity contribution in [2.24, 2.45) is 23.5 Å². The molecule has 0 aromatic heterocycles. The Balaban J connectivity index is 1.27. The van der Waals surface area contributed by atoms with Crippen molar-refractivity contribution in [2.75, 3.05) is 37.6 Å². The molecule has 4 amide bonds. The molecule has 1 atom stereocenters. The van der Waals surface area contributed by atoms with Crippen LogP contribution in [0.15, 0.2) is 24.3 Å². The molecule has 3 saturated heterocycles. The van der Waals surface area contributed by atoms with E-state index in [-0.39, 0.29) is 54.2 Å². The predicted octanol–water partition coefficient (Wildman–Crippen LogP) is 1.14. The molecule has 2 N–H and O–H groups in total. The molecule has 1 aromatic rings. The number of halogens is 1. The Labute approximate surface area is 186 Å². The van der Waals surface area contributed by atoms with Crippen molar-refractivity contribution >= 4 is 29.3 Å². The third-order valence-corrected chi connectivity index (χ3v) is 6.98. The van der Waals surface area contributed by atoms with Crippen LogP contribution in [-0.2, 0) is 19.2 Å². The summed E-state index contributed by atoms with van der Waals surface area (Å²) < 4.78 is 13.2. The van der Waals surface area contributed by atoms with Gasteiger partial charge in [0.25, 0.3) is 0 Å². The van der Waals surface area contributed by atoms with Gasteiger partial charge in [-0.25, -0.2) is 4.39 Å². The lowest BCUT2D eigenvalue weighted by Gasteiger charge is -2.37. The number of piperidine rings is 2. The molecule has 1 aromatic carbocycles. The van der Waals surface area contributed by atoms with Gasteiger partial charge in [-0.1, -0.05) is 0 Å². The second kappa shape index (κ2) is 9.26. The van der Waals surface area contributed by atoms with E-state index in [0.717, 1.165) is 0 Å². The predicted molar refractivity (Wildman–Crippen MR) is 115 cm³/mol. The Morgan fingerprint density at radius 1 is 0.812 bits per heavy atom. The molecule has 3 aliphatic heterocycles. The Morgan fingerprint density at radius 2 is 1.31 bits per heavy atom. The fourth-order valence-corrected chi connectivity index (χ4v) is 4.99. The van der Waals surface area contributed by atoms with Gasteiger partial charge in [-0.15, -0.1) is 0 Å². The number of nitrogens with two attached hydrogens (primary N) is 1. The van der Waals surface area contributed by atoms with Crippen molar-refractivity contribution in [2.45, 2.75) is 32.1 Å². The van der Waals surface area contributed by atoms with Gasteiger partial charge >= 0.3 is 0 Å². The van der Waals surface area contributed by atoms with Crippen LogP contribution in [0, 0.1) is 23.6 Å². The lowest BCUT2D eigenvalue weighted by Crippen LogP contribution is -2.48. The van der Waals surface area contributed by atoms with E-state index in [0.29, 0.717) is 57.5 Å². The summed E-state index contributed by atoms with van der Waals surface area (Å²) in [5, 5.41) is 0. The maximum absolute atomic E-state index is 13.2. The van der Waals surface area contributed by atoms with Crippen molar-refractivity contribution in [3.63, 3.8) is 0 Å². The molecule has 0 radical (unpaired) electrons. The molecule has 3 heterocycles. The fraction of sp³-hybridized carbons (Fsp3) is 0.565. The lowest BCUT2D eigenvalue weighted by molar-refractivity contribution is -0.143. The normalized spacial score (nSPS) is 23.0. The lowest BCUT2D eigenvalue weighted by atomic mass is 9.91. The molecule has 0 spiro atoms. The van der Waals surface area contributed by atoms with Gasteiger partial charge in [0.15, 0.2) is 0 Å². The minimum absolute atomic E-state index is 0.0591. The maximum Gasteiger partial charge on any atom is 0.228 e. The van der Waals surface area contributed by atoms with E-state index < -0.39 is 5.92 Å². The number of anilines is 1. The van der Waals surface area contributed by atoms with Crippen LogP contribution in [-0.4, -0.2) is 66.2 Å². The zero-order valence-electron chi connectivity index (χ0n) is 18.0. The molecular formula is C23H29FN4O4. The number of carbonyl (C=O) groups is 4. The smallest absolute Gasteiger partial charge is 0.228 e. The summed E-state index contributed by atoms with van der Waals surface area (Å²) in [5.74, 6) is -1.47. The van der Waals surface area contributed by atoms with E-state index in [2.05, 4.69) is 0 Å². The van der Waals surface area contributed by atoms with Gasteiger partial charge in [0.05, 0.1) is 5.92 Å². The van der Waals surface area contributed by atoms with E-state index in [4.69, 9.17) is 5.73 Å². The Kier molecular flexibility index (Phi) is 6.43. The van der Waals surface area contributed by atoms with E-state index in [9.17, 15) is 23.6 Å². The summed E-state index contributed by atoms with van der Waals surface area (Å²) in [6.45, 7) is 2.38. The number of carbonyl (C=O) groups excluding carboxylic acids is 4. The van der Waals surface area contributed by atoms with Crippen LogP contribution >= 0.6 is 0 Å². The van der Waals surface area contributed by atoms with Gasteiger partial charge < -0.3 is 20.4 Å². The van der Waals surface area contributed by atoms with Crippen LogP contribution in [0.5, 0.6) is 0 Å². The number of rotatable bonds is 4. The van der Waals surface area contributed by atoms with Gasteiger partial charge in [0.1, 0.15) is 5.82 Å². The maximum atomic E-state index is 13.2. The van der Waals surface area contributed by atoms with Crippen molar-refractivity contribution in [1.29, 1.82) is 0 Å². The molecule has 32 heavy (non-hydrogen) atoms. The number of amides is 4. The van der Waals surface area contributed by atoms with Crippen molar-refractivity contribution < 1.29 is 23.6 Å². The van der Waals surface area contributed by atoms with E-state index in [1.165, 1.54) is 17.0 Å². The quantitative estimate of drug-likeness (QED) is 0.752. The van der Waals surface area contributed by atoms with Crippen LogP contribution in [0.3, 0.4) is 0 Å². The second-order valence-corrected chi connectivity index (χ2v) is 8.98. The molecule has 0 saturated carbocycles. The average molecular weight is 445 g/mol. The highest BCUT2D eigenvalue weighted by Crippen LogP contribution is 2.29. The van der Waals surface area contributed by atoms with Crippen LogP contribution < -0.4 is 10.6 Å². The van der Waals surface area contributed by atoms with Gasteiger partial charge in [0.2, 0.25) is 23.6 Å². The summed E-state index contributed by atoms with van der Waals surface area (Å²) in [6.07, 6.45) is 2.56. The average Bonchev–Trinajstić information content (AvgIpc) is 3.20. The largest absolute Gasteiger partial charge is 0.369 e. The monoisotopic (exact) mass is 444 g/mol. The third-order valence-electron chi connectivity index (χ3n) is 6.98. The minimum Gasteiger partial charge on any atom is -0.369 e. The molecule has 3 aliphatic rings. The Morgan fingerprint density at radius 3 is 1.84 bits per heavy atom. The standard InChI is InChI=1S/C23H29FN4O4/c24-18-1-3-19(4-2-18)28-14-17(13-20(28)29)23(32)27-11-7-16(8-12-27)22(31)26-9-5-15(6-10-26)21(25)30/h1-4,15-17H,5-14H2,(H2,25,30)/t17-/m0/s1. The topological polar surface area (TPSA) is 104 Å². The Bertz CT molecular complexity index is 890. The number of primary amides is 1. The van der Waals surface area contributed by atoms with Crippen molar-refractivity contribution in [3.05, 3.63) is 30.1 Å². The van der Waals surface area contributed by atoms with Gasteiger partial charge in [-0.05, 0) is 49.9 Å². The first kappa shape index (κ1) is 22.2. The number of nitrogens with zero attached hydrogens (tertiary/aromatic N) is 3. The first-order chi connectivity index (χ1) is 15.3. The molecule has 0 unspecified atom stereocenters. The van der Waals surface area contributed by atoms with Gasteiger partial charge in [-0.2, -0.15) is 0 Å². The summed E-state index contributed by atoms with van der Waals surface area (Å²) >= 11 is 0. The molecule has 3 fully saturated rings. The minimum atomic E-state index is -0.423. The zero-order valence-corrected chi connectivity index (χ0v) is 18.0. The van der Waals surface area contributed by atoms with Crippen LogP contribution in [0.4, 0.5) is 10.1 Å². The molecule has 4 rings (SSSR count). The molecule has 0 bridgehead atoms. The number of hydrogen-bond acceptors (Lipinski definition) is 4. The van der Waals surface area contributed by atoms with Crippen molar-refractivity contribution in [3.8, 4) is 0 Å². The van der Waals surface area contributed by atoms with Crippen LogP contribution in [0.2, 0.25) is 0 Å². The highest BCUT2D eigenvalue weighted by Gasteiger charge is 2.39. The molecule has 9 heteroatoms. The summed E-state index contributed by atoms with van der Waals surface area (Å²) in [4.78, 5) is 54.7. The zero-order chi connectivity index (χ0) is 22.8.